The van der Waals surface area contributed by atoms with Crippen molar-refractivity contribution in [2.45, 2.75) is 44.4 Å². The van der Waals surface area contributed by atoms with Crippen LogP contribution in [-0.2, 0) is 26.1 Å². The van der Waals surface area contributed by atoms with Crippen LogP contribution < -0.4 is 26.9 Å². The van der Waals surface area contributed by atoms with Gasteiger partial charge in [0.05, 0.1) is 12.5 Å². The number of amides is 1. The molecule has 6 rings (SSSR count). The van der Waals surface area contributed by atoms with Crippen molar-refractivity contribution in [3.8, 4) is 0 Å². The molecule has 0 aliphatic heterocycles. The first kappa shape index (κ1) is 39.1. The zero-order valence-electron chi connectivity index (χ0n) is 31.7. The Balaban J connectivity index is 1.26. The minimum atomic E-state index is -2.81. The Kier molecular flexibility index (Phi) is 12.6. The highest BCUT2D eigenvalue weighted by Crippen LogP contribution is 2.41. The number of hydrogen-bond donors (Lipinski definition) is 2. The summed E-state index contributed by atoms with van der Waals surface area (Å²) in [6.07, 6.45) is 1.72. The quantitative estimate of drug-likeness (QED) is 0.0693. The van der Waals surface area contributed by atoms with E-state index in [1.165, 1.54) is 16.8 Å². The second-order valence-corrected chi connectivity index (χ2v) is 19.0. The molecule has 0 radical (unpaired) electrons. The van der Waals surface area contributed by atoms with Gasteiger partial charge in [0.1, 0.15) is 5.60 Å². The number of ether oxygens (including phenoxy) is 1. The van der Waals surface area contributed by atoms with Crippen LogP contribution in [0.25, 0.3) is 0 Å². The molecule has 1 aromatic heterocycles. The number of aromatic nitrogens is 2. The van der Waals surface area contributed by atoms with Crippen LogP contribution in [0.4, 0.5) is 0 Å². The summed E-state index contributed by atoms with van der Waals surface area (Å²) in [6, 6.07) is 52.3. The Morgan fingerprint density at radius 1 is 0.673 bits per heavy atom. The summed E-state index contributed by atoms with van der Waals surface area (Å²) >= 11 is 0. The van der Waals surface area contributed by atoms with E-state index >= 15 is 0 Å². The number of nitrogens with zero attached hydrogens (tertiary/aromatic N) is 1. The fourth-order valence-corrected chi connectivity index (χ4v) is 12.1. The number of hydrogen-bond acceptors (Lipinski definition) is 5. The Morgan fingerprint density at radius 3 is 1.56 bits per heavy atom. The van der Waals surface area contributed by atoms with E-state index in [0.717, 1.165) is 27.1 Å². The lowest BCUT2D eigenvalue weighted by Gasteiger charge is -2.43. The summed E-state index contributed by atoms with van der Waals surface area (Å²) < 4.78 is 15.4. The largest absolute Gasteiger partial charge is 0.406 e. The van der Waals surface area contributed by atoms with E-state index < -0.39 is 31.1 Å². The monoisotopic (exact) mass is 751 g/mol. The summed E-state index contributed by atoms with van der Waals surface area (Å²) in [5.74, 6) is -0.908. The number of H-pyrrole nitrogens is 1. The molecule has 9 heteroatoms. The van der Waals surface area contributed by atoms with E-state index in [1.807, 2.05) is 91.0 Å². The molecule has 1 atom stereocenters. The number of rotatable bonds is 16. The number of aromatic amines is 1. The van der Waals surface area contributed by atoms with Crippen LogP contribution in [0.2, 0.25) is 5.04 Å². The molecule has 8 nitrogen and oxygen atoms in total. The van der Waals surface area contributed by atoms with E-state index in [4.69, 9.17) is 9.16 Å². The van der Waals surface area contributed by atoms with E-state index in [-0.39, 0.29) is 30.6 Å². The van der Waals surface area contributed by atoms with Gasteiger partial charge < -0.3 is 14.5 Å². The van der Waals surface area contributed by atoms with E-state index in [1.54, 1.807) is 0 Å². The topological polar surface area (TPSA) is 102 Å². The highest BCUT2D eigenvalue weighted by Gasteiger charge is 2.50. The average molecular weight is 752 g/mol. The van der Waals surface area contributed by atoms with Gasteiger partial charge in [-0.25, -0.2) is 4.79 Å². The van der Waals surface area contributed by atoms with Gasteiger partial charge in [0.15, 0.2) is 0 Å². The van der Waals surface area contributed by atoms with Crippen molar-refractivity contribution >= 4 is 24.6 Å². The Hall–Kier alpha value is -5.61. The fourth-order valence-electron chi connectivity index (χ4n) is 7.54. The number of nitrogens with one attached hydrogen (secondary N) is 2. The smallest absolute Gasteiger partial charge is 0.328 e. The van der Waals surface area contributed by atoms with E-state index in [0.29, 0.717) is 13.0 Å². The van der Waals surface area contributed by atoms with Crippen LogP contribution in [0.3, 0.4) is 0 Å². The third-order valence-corrected chi connectivity index (χ3v) is 15.2. The summed E-state index contributed by atoms with van der Waals surface area (Å²) in [6.45, 7) is 7.45. The zero-order valence-corrected chi connectivity index (χ0v) is 32.7. The normalized spacial score (nSPS) is 12.6. The fraction of sp³-hybridized carbons (Fsp3) is 0.239. The van der Waals surface area contributed by atoms with Gasteiger partial charge in [-0.15, -0.1) is 0 Å². The van der Waals surface area contributed by atoms with Gasteiger partial charge in [-0.3, -0.25) is 19.1 Å². The molecule has 1 amide bonds. The predicted molar refractivity (Wildman–Crippen MR) is 221 cm³/mol. The molecule has 5 aromatic carbocycles. The molecular formula is C46H49N3O5Si. The molecule has 0 fully saturated rings. The standard InChI is InChI=1S/C46H49N3O5Si/c1-45(2,3)55(40-25-15-7-16-26-40,41-27-17-8-18-28-41)54-34-31-47-43(51)36(35-49-32-29-42(50)48-44(49)52)30-33-53-46(37-19-9-4-10-20-37,38-21-11-5-12-22-38)39-23-13-6-14-24-39/h4-29,32,36H,30-31,33-35H2,1-3H3,(H,47,51)(H,48,50,52). The molecule has 0 aliphatic carbocycles. The second kappa shape index (κ2) is 17.7. The van der Waals surface area contributed by atoms with E-state index in [2.05, 4.69) is 91.7 Å². The van der Waals surface area contributed by atoms with Gasteiger partial charge in [0, 0.05) is 32.0 Å². The summed E-state index contributed by atoms with van der Waals surface area (Å²) in [5, 5.41) is 5.22. The first-order valence-corrected chi connectivity index (χ1v) is 20.7. The van der Waals surface area contributed by atoms with Gasteiger partial charge in [-0.2, -0.15) is 0 Å². The lowest BCUT2D eigenvalue weighted by molar-refractivity contribution is -0.126. The lowest BCUT2D eigenvalue weighted by atomic mass is 9.80. The predicted octanol–water partition coefficient (Wildman–Crippen LogP) is 6.24. The van der Waals surface area contributed by atoms with E-state index in [9.17, 15) is 14.4 Å². The minimum absolute atomic E-state index is 0.0510. The van der Waals surface area contributed by atoms with Crippen molar-refractivity contribution in [2.75, 3.05) is 19.8 Å². The first-order valence-electron chi connectivity index (χ1n) is 18.8. The molecule has 1 heterocycles. The van der Waals surface area contributed by atoms with Gasteiger partial charge in [-0.05, 0) is 38.5 Å². The van der Waals surface area contributed by atoms with Crippen LogP contribution in [0, 0.1) is 5.92 Å². The van der Waals surface area contributed by atoms with Gasteiger partial charge >= 0.3 is 5.69 Å². The van der Waals surface area contributed by atoms with Gasteiger partial charge in [0.25, 0.3) is 13.9 Å². The molecule has 2 N–H and O–H groups in total. The minimum Gasteiger partial charge on any atom is -0.406 e. The molecule has 0 bridgehead atoms. The number of benzene rings is 5. The van der Waals surface area contributed by atoms with Crippen LogP contribution >= 0.6 is 0 Å². The second-order valence-electron chi connectivity index (χ2n) is 14.7. The van der Waals surface area contributed by atoms with Gasteiger partial charge in [-0.1, -0.05) is 172 Å². The van der Waals surface area contributed by atoms with Crippen LogP contribution in [0.1, 0.15) is 43.9 Å². The Morgan fingerprint density at radius 2 is 1.13 bits per heavy atom. The molecule has 0 saturated carbocycles. The molecule has 6 aromatic rings. The zero-order chi connectivity index (χ0) is 38.7. The maximum atomic E-state index is 14.2. The SMILES string of the molecule is CC(C)(C)[Si](OCCNC(=O)C(CCOC(c1ccccc1)(c1ccccc1)c1ccccc1)Cn1ccc(=O)[nH]c1=O)(c1ccccc1)c1ccccc1. The average Bonchev–Trinajstić information content (AvgIpc) is 3.21. The first-order chi connectivity index (χ1) is 26.6. The number of carbonyl (C=O) groups excluding carboxylic acids is 1. The lowest BCUT2D eigenvalue weighted by Crippen LogP contribution is -2.67. The third-order valence-electron chi connectivity index (χ3n) is 10.1. The van der Waals surface area contributed by atoms with Crippen molar-refractivity contribution < 1.29 is 14.0 Å². The molecule has 55 heavy (non-hydrogen) atoms. The summed E-state index contributed by atoms with van der Waals surface area (Å²) in [4.78, 5) is 41.2. The molecule has 0 spiro atoms. The molecule has 282 valence electrons. The highest BCUT2D eigenvalue weighted by atomic mass is 28.4. The Labute approximate surface area is 324 Å². The molecule has 1 unspecified atom stereocenters. The summed E-state index contributed by atoms with van der Waals surface area (Å²) in [7, 11) is -2.81. The summed E-state index contributed by atoms with van der Waals surface area (Å²) in [5.41, 5.74) is 0.809. The molecule has 0 saturated heterocycles. The maximum absolute atomic E-state index is 14.2. The van der Waals surface area contributed by atoms with Crippen molar-refractivity contribution in [1.82, 2.24) is 14.9 Å². The highest BCUT2D eigenvalue weighted by molar-refractivity contribution is 6.99. The maximum Gasteiger partial charge on any atom is 0.328 e. The Bertz CT molecular complexity index is 2090. The van der Waals surface area contributed by atoms with Crippen molar-refractivity contribution in [1.29, 1.82) is 0 Å². The number of carbonyl (C=O) groups is 1. The van der Waals surface area contributed by atoms with Crippen molar-refractivity contribution in [3.63, 3.8) is 0 Å². The van der Waals surface area contributed by atoms with Crippen molar-refractivity contribution in [3.05, 3.63) is 201 Å². The molecule has 0 aliphatic rings. The van der Waals surface area contributed by atoms with Crippen LogP contribution in [-0.4, -0.2) is 43.5 Å². The molecular weight excluding hydrogens is 703 g/mol. The van der Waals surface area contributed by atoms with Crippen LogP contribution in [0.15, 0.2) is 174 Å². The van der Waals surface area contributed by atoms with Crippen LogP contribution in [0.5, 0.6) is 0 Å². The van der Waals surface area contributed by atoms with Crippen molar-refractivity contribution in [2.24, 2.45) is 5.92 Å². The van der Waals surface area contributed by atoms with Gasteiger partial charge in [0.2, 0.25) is 5.91 Å². The third kappa shape index (κ3) is 8.70.